The zero-order valence-corrected chi connectivity index (χ0v) is 10.4. The van der Waals surface area contributed by atoms with Crippen LogP contribution in [0.2, 0.25) is 0 Å². The predicted octanol–water partition coefficient (Wildman–Crippen LogP) is 2.10. The molecular formula is C12H26N2. The molecule has 1 saturated carbocycles. The fraction of sp³-hybridized carbons (Fsp3) is 1.00. The zero-order chi connectivity index (χ0) is 10.8. The minimum absolute atomic E-state index is 0.254. The molecule has 0 aromatic rings. The van der Waals surface area contributed by atoms with Crippen molar-refractivity contribution in [1.29, 1.82) is 0 Å². The molecule has 1 aliphatic carbocycles. The maximum Gasteiger partial charge on any atom is 0.0300 e. The van der Waals surface area contributed by atoms with Crippen LogP contribution in [-0.2, 0) is 0 Å². The van der Waals surface area contributed by atoms with Gasteiger partial charge in [-0.1, -0.05) is 19.3 Å². The van der Waals surface area contributed by atoms with Crippen molar-refractivity contribution in [3.8, 4) is 0 Å². The van der Waals surface area contributed by atoms with Crippen LogP contribution in [0.1, 0.15) is 39.5 Å². The van der Waals surface area contributed by atoms with Gasteiger partial charge < -0.3 is 10.2 Å². The first kappa shape index (κ1) is 12.0. The van der Waals surface area contributed by atoms with E-state index in [1.165, 1.54) is 25.7 Å². The minimum atomic E-state index is 0.254. The van der Waals surface area contributed by atoms with Crippen molar-refractivity contribution in [3.05, 3.63) is 0 Å². The summed E-state index contributed by atoms with van der Waals surface area (Å²) in [5.41, 5.74) is 0.254. The van der Waals surface area contributed by atoms with Gasteiger partial charge in [-0.05, 0) is 47.3 Å². The lowest BCUT2D eigenvalue weighted by Crippen LogP contribution is -2.55. The van der Waals surface area contributed by atoms with Crippen LogP contribution in [0.25, 0.3) is 0 Å². The lowest BCUT2D eigenvalue weighted by Gasteiger charge is -2.43. The average molecular weight is 198 g/mol. The van der Waals surface area contributed by atoms with E-state index in [9.17, 15) is 0 Å². The molecule has 0 spiro atoms. The molecule has 0 aliphatic heterocycles. The largest absolute Gasteiger partial charge is 0.315 e. The van der Waals surface area contributed by atoms with Gasteiger partial charge in [-0.25, -0.2) is 0 Å². The van der Waals surface area contributed by atoms with Crippen molar-refractivity contribution < 1.29 is 0 Å². The van der Waals surface area contributed by atoms with Crippen LogP contribution in [0.5, 0.6) is 0 Å². The van der Waals surface area contributed by atoms with Crippen molar-refractivity contribution in [2.45, 2.75) is 51.1 Å². The van der Waals surface area contributed by atoms with Gasteiger partial charge in [0.15, 0.2) is 0 Å². The van der Waals surface area contributed by atoms with Crippen molar-refractivity contribution in [2.24, 2.45) is 5.92 Å². The van der Waals surface area contributed by atoms with E-state index in [0.29, 0.717) is 6.04 Å². The first-order chi connectivity index (χ1) is 6.48. The molecule has 0 saturated heterocycles. The summed E-state index contributed by atoms with van der Waals surface area (Å²) in [4.78, 5) is 2.33. The Bertz CT molecular complexity index is 171. The first-order valence-corrected chi connectivity index (χ1v) is 5.83. The molecule has 1 unspecified atom stereocenters. The lowest BCUT2D eigenvalue weighted by molar-refractivity contribution is 0.112. The Balaban J connectivity index is 2.50. The standard InChI is InChI=1S/C12H26N2/c1-12(2,14(4)5)11(13-3)9-10-7-6-8-10/h10-11,13H,6-9H2,1-5H3. The molecule has 1 fully saturated rings. The summed E-state index contributed by atoms with van der Waals surface area (Å²) in [6.07, 6.45) is 5.68. The Labute approximate surface area is 89.1 Å². The number of hydrogen-bond donors (Lipinski definition) is 1. The second-order valence-electron chi connectivity index (χ2n) is 5.42. The number of hydrogen-bond acceptors (Lipinski definition) is 2. The Morgan fingerprint density at radius 2 is 1.93 bits per heavy atom. The molecule has 0 radical (unpaired) electrons. The van der Waals surface area contributed by atoms with Gasteiger partial charge in [-0.3, -0.25) is 0 Å². The monoisotopic (exact) mass is 198 g/mol. The third-order valence-electron chi connectivity index (χ3n) is 4.15. The lowest BCUT2D eigenvalue weighted by atomic mass is 9.76. The summed E-state index contributed by atoms with van der Waals surface area (Å²) in [5.74, 6) is 0.978. The second kappa shape index (κ2) is 4.63. The van der Waals surface area contributed by atoms with Crippen LogP contribution in [0, 0.1) is 5.92 Å². The Kier molecular flexibility index (Phi) is 3.96. The second-order valence-corrected chi connectivity index (χ2v) is 5.42. The van der Waals surface area contributed by atoms with Crippen molar-refractivity contribution in [3.63, 3.8) is 0 Å². The van der Waals surface area contributed by atoms with E-state index in [-0.39, 0.29) is 5.54 Å². The van der Waals surface area contributed by atoms with E-state index < -0.39 is 0 Å². The first-order valence-electron chi connectivity index (χ1n) is 5.83. The molecule has 0 aromatic heterocycles. The third kappa shape index (κ3) is 2.48. The normalized spacial score (nSPS) is 21.0. The minimum Gasteiger partial charge on any atom is -0.315 e. The van der Waals surface area contributed by atoms with Crippen LogP contribution < -0.4 is 5.32 Å². The molecule has 0 aromatic carbocycles. The molecule has 2 nitrogen and oxygen atoms in total. The average Bonchev–Trinajstić information content (AvgIpc) is 2.01. The van der Waals surface area contributed by atoms with Gasteiger partial charge in [0.1, 0.15) is 0 Å². The molecule has 1 rings (SSSR count). The maximum absolute atomic E-state index is 3.48. The van der Waals surface area contributed by atoms with Crippen molar-refractivity contribution >= 4 is 0 Å². The fourth-order valence-electron chi connectivity index (χ4n) is 2.13. The third-order valence-corrected chi connectivity index (χ3v) is 4.15. The molecule has 0 amide bonds. The highest BCUT2D eigenvalue weighted by Crippen LogP contribution is 2.33. The van der Waals surface area contributed by atoms with Crippen molar-refractivity contribution in [1.82, 2.24) is 10.2 Å². The van der Waals surface area contributed by atoms with E-state index in [1.54, 1.807) is 0 Å². The van der Waals surface area contributed by atoms with Crippen LogP contribution in [-0.4, -0.2) is 37.6 Å². The maximum atomic E-state index is 3.48. The highest BCUT2D eigenvalue weighted by atomic mass is 15.2. The highest BCUT2D eigenvalue weighted by Gasteiger charge is 2.33. The number of rotatable bonds is 5. The predicted molar refractivity (Wildman–Crippen MR) is 62.6 cm³/mol. The smallest absolute Gasteiger partial charge is 0.0300 e. The molecule has 14 heavy (non-hydrogen) atoms. The summed E-state index contributed by atoms with van der Waals surface area (Å²) in [7, 11) is 6.44. The SMILES string of the molecule is CNC(CC1CCC1)C(C)(C)N(C)C. The Morgan fingerprint density at radius 1 is 1.36 bits per heavy atom. The molecule has 1 N–H and O–H groups in total. The number of likely N-dealkylation sites (N-methyl/N-ethyl adjacent to an activating group) is 2. The number of nitrogens with zero attached hydrogens (tertiary/aromatic N) is 1. The quantitative estimate of drug-likeness (QED) is 0.728. The zero-order valence-electron chi connectivity index (χ0n) is 10.4. The van der Waals surface area contributed by atoms with E-state index >= 15 is 0 Å². The summed E-state index contributed by atoms with van der Waals surface area (Å²) >= 11 is 0. The summed E-state index contributed by atoms with van der Waals surface area (Å²) in [6, 6.07) is 0.614. The molecule has 84 valence electrons. The summed E-state index contributed by atoms with van der Waals surface area (Å²) in [5, 5.41) is 3.48. The van der Waals surface area contributed by atoms with Crippen molar-refractivity contribution in [2.75, 3.05) is 21.1 Å². The molecular weight excluding hydrogens is 172 g/mol. The Hall–Kier alpha value is -0.0800. The van der Waals surface area contributed by atoms with Crippen LogP contribution in [0.4, 0.5) is 0 Å². The van der Waals surface area contributed by atoms with E-state index in [0.717, 1.165) is 5.92 Å². The van der Waals surface area contributed by atoms with E-state index in [2.05, 4.69) is 45.2 Å². The molecule has 1 atom stereocenters. The van der Waals surface area contributed by atoms with Gasteiger partial charge in [0.25, 0.3) is 0 Å². The summed E-state index contributed by atoms with van der Waals surface area (Å²) in [6.45, 7) is 4.65. The van der Waals surface area contributed by atoms with E-state index in [4.69, 9.17) is 0 Å². The van der Waals surface area contributed by atoms with Gasteiger partial charge in [0.2, 0.25) is 0 Å². The van der Waals surface area contributed by atoms with Crippen LogP contribution >= 0.6 is 0 Å². The van der Waals surface area contributed by atoms with Gasteiger partial charge in [0.05, 0.1) is 0 Å². The van der Waals surface area contributed by atoms with Crippen LogP contribution in [0.3, 0.4) is 0 Å². The topological polar surface area (TPSA) is 15.3 Å². The molecule has 0 bridgehead atoms. The van der Waals surface area contributed by atoms with Crippen LogP contribution in [0.15, 0.2) is 0 Å². The van der Waals surface area contributed by atoms with E-state index in [1.807, 2.05) is 0 Å². The Morgan fingerprint density at radius 3 is 2.21 bits per heavy atom. The highest BCUT2D eigenvalue weighted by molar-refractivity contribution is 4.92. The summed E-state index contributed by atoms with van der Waals surface area (Å²) < 4.78 is 0. The van der Waals surface area contributed by atoms with Gasteiger partial charge in [-0.15, -0.1) is 0 Å². The van der Waals surface area contributed by atoms with Gasteiger partial charge in [-0.2, -0.15) is 0 Å². The molecule has 1 aliphatic rings. The van der Waals surface area contributed by atoms with Gasteiger partial charge in [0, 0.05) is 11.6 Å². The fourth-order valence-corrected chi connectivity index (χ4v) is 2.13. The molecule has 2 heteroatoms. The molecule has 0 heterocycles. The van der Waals surface area contributed by atoms with Gasteiger partial charge >= 0.3 is 0 Å². The number of nitrogens with one attached hydrogen (secondary N) is 1.